The maximum atomic E-state index is 13.8. The van der Waals surface area contributed by atoms with Gasteiger partial charge in [-0.3, -0.25) is 19.3 Å². The standard InChI is InChI=1S/C27H38N2O5/c1-17(2)13-22(28-19(5)30)21-15-27(21)12-11-24(31)29(26(27)33)23(14-18(3)4)25(32)34-16-20-9-7-6-8-10-20/h6-10,17-18,21-23H,11-16H2,1-5H3,(H,28,30)/t21-,22+,23+,27+/m1/s1. The molecular formula is C27H38N2O5. The van der Waals surface area contributed by atoms with Gasteiger partial charge in [-0.2, -0.15) is 0 Å². The van der Waals surface area contributed by atoms with Crippen LogP contribution in [-0.2, 0) is 30.5 Å². The van der Waals surface area contributed by atoms with Gasteiger partial charge in [0.05, 0.1) is 5.41 Å². The number of amides is 3. The third kappa shape index (κ3) is 5.86. The number of likely N-dealkylation sites (tertiary alicyclic amines) is 1. The Morgan fingerprint density at radius 3 is 2.32 bits per heavy atom. The zero-order valence-electron chi connectivity index (χ0n) is 21.0. The van der Waals surface area contributed by atoms with Crippen LogP contribution >= 0.6 is 0 Å². The number of rotatable bonds is 10. The lowest BCUT2D eigenvalue weighted by Gasteiger charge is -2.37. The molecule has 0 radical (unpaired) electrons. The van der Waals surface area contributed by atoms with Gasteiger partial charge in [0.15, 0.2) is 0 Å². The Morgan fingerprint density at radius 2 is 1.74 bits per heavy atom. The molecule has 4 atom stereocenters. The second-order valence-electron chi connectivity index (χ2n) is 10.7. The fourth-order valence-electron chi connectivity index (χ4n) is 5.29. The molecule has 7 nitrogen and oxygen atoms in total. The van der Waals surface area contributed by atoms with Crippen LogP contribution in [0.5, 0.6) is 0 Å². The van der Waals surface area contributed by atoms with E-state index < -0.39 is 17.4 Å². The number of nitrogens with zero attached hydrogens (tertiary/aromatic N) is 1. The summed E-state index contributed by atoms with van der Waals surface area (Å²) in [7, 11) is 0. The summed E-state index contributed by atoms with van der Waals surface area (Å²) >= 11 is 0. The minimum absolute atomic E-state index is 0.0260. The molecule has 2 aliphatic rings. The highest BCUT2D eigenvalue weighted by atomic mass is 16.5. The van der Waals surface area contributed by atoms with E-state index in [1.54, 1.807) is 0 Å². The van der Waals surface area contributed by atoms with Crippen molar-refractivity contribution in [2.75, 3.05) is 0 Å². The van der Waals surface area contributed by atoms with Gasteiger partial charge in [-0.15, -0.1) is 0 Å². The summed E-state index contributed by atoms with van der Waals surface area (Å²) in [5.41, 5.74) is 0.159. The van der Waals surface area contributed by atoms with Crippen LogP contribution in [-0.4, -0.2) is 40.7 Å². The fraction of sp³-hybridized carbons (Fsp3) is 0.630. The summed E-state index contributed by atoms with van der Waals surface area (Å²) in [6, 6.07) is 8.29. The Bertz CT molecular complexity index is 913. The Kier molecular flexibility index (Phi) is 8.16. The smallest absolute Gasteiger partial charge is 0.329 e. The number of carbonyl (C=O) groups excluding carboxylic acids is 4. The number of esters is 1. The average molecular weight is 471 g/mol. The number of hydrogen-bond acceptors (Lipinski definition) is 5. The maximum Gasteiger partial charge on any atom is 0.329 e. The third-order valence-electron chi connectivity index (χ3n) is 6.93. The van der Waals surface area contributed by atoms with Crippen molar-refractivity contribution in [2.45, 2.75) is 85.4 Å². The van der Waals surface area contributed by atoms with Crippen molar-refractivity contribution in [3.63, 3.8) is 0 Å². The average Bonchev–Trinajstić information content (AvgIpc) is 3.49. The van der Waals surface area contributed by atoms with Gasteiger partial charge in [0.1, 0.15) is 12.6 Å². The largest absolute Gasteiger partial charge is 0.459 e. The van der Waals surface area contributed by atoms with Gasteiger partial charge >= 0.3 is 5.97 Å². The summed E-state index contributed by atoms with van der Waals surface area (Å²) in [5, 5.41) is 3.03. The molecule has 1 aromatic carbocycles. The Morgan fingerprint density at radius 1 is 1.09 bits per heavy atom. The van der Waals surface area contributed by atoms with E-state index in [1.807, 2.05) is 44.2 Å². The van der Waals surface area contributed by atoms with E-state index in [-0.39, 0.29) is 48.6 Å². The number of carbonyl (C=O) groups is 4. The molecule has 34 heavy (non-hydrogen) atoms. The van der Waals surface area contributed by atoms with Gasteiger partial charge in [-0.25, -0.2) is 4.79 Å². The summed E-state index contributed by atoms with van der Waals surface area (Å²) in [4.78, 5) is 52.9. The highest BCUT2D eigenvalue weighted by molar-refractivity contribution is 6.05. The quantitative estimate of drug-likeness (QED) is 0.414. The normalized spacial score (nSPS) is 23.9. The molecule has 1 aliphatic heterocycles. The second-order valence-corrected chi connectivity index (χ2v) is 10.7. The molecule has 3 rings (SSSR count). The monoisotopic (exact) mass is 470 g/mol. The summed E-state index contributed by atoms with van der Waals surface area (Å²) < 4.78 is 5.57. The molecule has 186 valence electrons. The molecule has 7 heteroatoms. The van der Waals surface area contributed by atoms with E-state index in [9.17, 15) is 19.2 Å². The molecule has 0 bridgehead atoms. The van der Waals surface area contributed by atoms with Gasteiger partial charge in [0.25, 0.3) is 0 Å². The molecule has 1 heterocycles. The first-order valence-electron chi connectivity index (χ1n) is 12.4. The van der Waals surface area contributed by atoms with Crippen LogP contribution in [0.15, 0.2) is 30.3 Å². The van der Waals surface area contributed by atoms with Crippen molar-refractivity contribution in [2.24, 2.45) is 23.2 Å². The van der Waals surface area contributed by atoms with Crippen molar-refractivity contribution in [3.05, 3.63) is 35.9 Å². The molecular weight excluding hydrogens is 432 g/mol. The lowest BCUT2D eigenvalue weighted by Crippen LogP contribution is -2.56. The number of nitrogens with one attached hydrogen (secondary N) is 1. The number of imide groups is 1. The summed E-state index contributed by atoms with van der Waals surface area (Å²) in [6.45, 7) is 9.68. The van der Waals surface area contributed by atoms with Crippen LogP contribution in [0.1, 0.15) is 72.3 Å². The number of hydrogen-bond donors (Lipinski definition) is 1. The van der Waals surface area contributed by atoms with E-state index >= 15 is 0 Å². The summed E-state index contributed by atoms with van der Waals surface area (Å²) in [5.74, 6) is -0.843. The second kappa shape index (κ2) is 10.7. The molecule has 1 spiro atoms. The Labute approximate surface area is 202 Å². The van der Waals surface area contributed by atoms with Gasteiger partial charge < -0.3 is 10.1 Å². The van der Waals surface area contributed by atoms with Gasteiger partial charge in [0, 0.05) is 19.4 Å². The molecule has 0 aromatic heterocycles. The highest BCUT2D eigenvalue weighted by Gasteiger charge is 2.66. The molecule has 1 saturated carbocycles. The predicted octanol–water partition coefficient (Wildman–Crippen LogP) is 3.85. The van der Waals surface area contributed by atoms with E-state index in [0.717, 1.165) is 12.0 Å². The molecule has 0 unspecified atom stereocenters. The predicted molar refractivity (Wildman–Crippen MR) is 128 cm³/mol. The molecule has 1 N–H and O–H groups in total. The van der Waals surface area contributed by atoms with Crippen LogP contribution in [0.4, 0.5) is 0 Å². The highest BCUT2D eigenvalue weighted by Crippen LogP contribution is 2.61. The number of piperidine rings is 1. The Hall–Kier alpha value is -2.70. The number of ether oxygens (including phenoxy) is 1. The SMILES string of the molecule is CC(=O)N[C@@H](CC(C)C)[C@H]1C[C@@]12CCC(=O)N([C@@H](CC(C)C)C(=O)OCc1ccccc1)C2=O. The summed E-state index contributed by atoms with van der Waals surface area (Å²) in [6.07, 6.45) is 2.43. The molecule has 1 saturated heterocycles. The zero-order chi connectivity index (χ0) is 25.0. The van der Waals surface area contributed by atoms with Crippen molar-refractivity contribution in [1.82, 2.24) is 10.2 Å². The van der Waals surface area contributed by atoms with Crippen LogP contribution in [0.2, 0.25) is 0 Å². The van der Waals surface area contributed by atoms with Crippen molar-refractivity contribution in [3.8, 4) is 0 Å². The lowest BCUT2D eigenvalue weighted by atomic mass is 9.85. The molecule has 3 amide bonds. The molecule has 2 fully saturated rings. The van der Waals surface area contributed by atoms with Crippen LogP contribution < -0.4 is 5.32 Å². The molecule has 1 aliphatic carbocycles. The van der Waals surface area contributed by atoms with Crippen LogP contribution in [0.3, 0.4) is 0 Å². The first-order valence-corrected chi connectivity index (χ1v) is 12.4. The number of benzene rings is 1. The minimum atomic E-state index is -0.938. The van der Waals surface area contributed by atoms with E-state index in [4.69, 9.17) is 4.74 Å². The van der Waals surface area contributed by atoms with E-state index in [2.05, 4.69) is 19.2 Å². The minimum Gasteiger partial charge on any atom is -0.459 e. The van der Waals surface area contributed by atoms with Crippen LogP contribution in [0, 0.1) is 23.2 Å². The Balaban J connectivity index is 1.80. The topological polar surface area (TPSA) is 92.8 Å². The first-order chi connectivity index (χ1) is 16.0. The van der Waals surface area contributed by atoms with Gasteiger partial charge in [-0.1, -0.05) is 58.0 Å². The lowest BCUT2D eigenvalue weighted by molar-refractivity contribution is -0.168. The van der Waals surface area contributed by atoms with E-state index in [0.29, 0.717) is 25.2 Å². The van der Waals surface area contributed by atoms with Crippen molar-refractivity contribution < 1.29 is 23.9 Å². The van der Waals surface area contributed by atoms with E-state index in [1.165, 1.54) is 11.8 Å². The fourth-order valence-corrected chi connectivity index (χ4v) is 5.29. The molecule has 1 aromatic rings. The first kappa shape index (κ1) is 25.9. The van der Waals surface area contributed by atoms with Crippen LogP contribution in [0.25, 0.3) is 0 Å². The van der Waals surface area contributed by atoms with Gasteiger partial charge in [0.2, 0.25) is 17.7 Å². The zero-order valence-corrected chi connectivity index (χ0v) is 21.0. The van der Waals surface area contributed by atoms with Gasteiger partial charge in [-0.05, 0) is 49.0 Å². The van der Waals surface area contributed by atoms with Crippen molar-refractivity contribution >= 4 is 23.7 Å². The van der Waals surface area contributed by atoms with Crippen molar-refractivity contribution in [1.29, 1.82) is 0 Å². The maximum absolute atomic E-state index is 13.8. The third-order valence-corrected chi connectivity index (χ3v) is 6.93.